The topological polar surface area (TPSA) is 94.8 Å². The predicted octanol–water partition coefficient (Wildman–Crippen LogP) is 3.78. The number of rotatable bonds is 9. The Hall–Kier alpha value is -4.72. The lowest BCUT2D eigenvalue weighted by molar-refractivity contribution is 0.0949. The summed E-state index contributed by atoms with van der Waals surface area (Å²) in [4.78, 5) is 26.0. The number of aromatic nitrogens is 2. The Labute approximate surface area is 202 Å². The molecule has 0 aliphatic heterocycles. The smallest absolute Gasteiger partial charge is 0.292 e. The molecule has 8 heteroatoms. The number of carbonyl (C=O) groups is 1. The molecule has 4 aromatic rings. The zero-order valence-corrected chi connectivity index (χ0v) is 19.2. The summed E-state index contributed by atoms with van der Waals surface area (Å²) in [5, 5.41) is 9.29. The van der Waals surface area contributed by atoms with E-state index in [1.54, 1.807) is 55.7 Å². The minimum absolute atomic E-state index is 0.110. The van der Waals surface area contributed by atoms with Gasteiger partial charge in [-0.15, -0.1) is 0 Å². The predicted molar refractivity (Wildman–Crippen MR) is 135 cm³/mol. The van der Waals surface area contributed by atoms with E-state index in [2.05, 4.69) is 22.2 Å². The molecule has 176 valence electrons. The Kier molecular flexibility index (Phi) is 7.32. The molecule has 0 radical (unpaired) electrons. The number of hydrazone groups is 1. The van der Waals surface area contributed by atoms with Crippen LogP contribution in [-0.4, -0.2) is 35.6 Å². The average molecular weight is 469 g/mol. The van der Waals surface area contributed by atoms with Crippen molar-refractivity contribution in [3.63, 3.8) is 0 Å². The highest BCUT2D eigenvalue weighted by atomic mass is 16.5. The van der Waals surface area contributed by atoms with Gasteiger partial charge in [0.05, 0.1) is 25.3 Å². The quantitative estimate of drug-likeness (QED) is 0.229. The number of carbonyl (C=O) groups excluding carboxylic acids is 1. The monoisotopic (exact) mass is 468 g/mol. The summed E-state index contributed by atoms with van der Waals surface area (Å²) in [6, 6.07) is 21.6. The molecule has 0 unspecified atom stereocenters. The van der Waals surface area contributed by atoms with E-state index >= 15 is 0 Å². The first-order valence-corrected chi connectivity index (χ1v) is 10.9. The van der Waals surface area contributed by atoms with Gasteiger partial charge in [-0.2, -0.15) is 10.2 Å². The molecule has 1 amide bonds. The number of hydrogen-bond donors (Lipinski definition) is 1. The molecule has 0 aliphatic rings. The summed E-state index contributed by atoms with van der Waals surface area (Å²) < 4.78 is 12.2. The summed E-state index contributed by atoms with van der Waals surface area (Å²) >= 11 is 0. The number of benzene rings is 3. The normalized spacial score (nSPS) is 10.9. The second-order valence-electron chi connectivity index (χ2n) is 7.55. The first-order valence-electron chi connectivity index (χ1n) is 10.9. The third-order valence-corrected chi connectivity index (χ3v) is 5.18. The fourth-order valence-corrected chi connectivity index (χ4v) is 3.52. The zero-order chi connectivity index (χ0) is 24.6. The molecular formula is C27H24N4O4. The Morgan fingerprint density at radius 3 is 2.54 bits per heavy atom. The van der Waals surface area contributed by atoms with Crippen LogP contribution in [0, 0.1) is 0 Å². The van der Waals surface area contributed by atoms with Gasteiger partial charge in [-0.05, 0) is 35.4 Å². The maximum absolute atomic E-state index is 13.0. The van der Waals surface area contributed by atoms with Gasteiger partial charge < -0.3 is 9.47 Å². The van der Waals surface area contributed by atoms with Gasteiger partial charge in [0.2, 0.25) is 0 Å². The Balaban J connectivity index is 1.59. The highest BCUT2D eigenvalue weighted by Gasteiger charge is 2.16. The summed E-state index contributed by atoms with van der Waals surface area (Å²) in [5.74, 6) is 0.574. The third-order valence-electron chi connectivity index (χ3n) is 5.18. The number of nitrogens with one attached hydrogen (secondary N) is 1. The van der Waals surface area contributed by atoms with Gasteiger partial charge in [-0.25, -0.2) is 10.1 Å². The lowest BCUT2D eigenvalue weighted by Crippen LogP contribution is -2.29. The van der Waals surface area contributed by atoms with Crippen molar-refractivity contribution in [1.29, 1.82) is 0 Å². The summed E-state index contributed by atoms with van der Waals surface area (Å²) in [6.45, 7) is 4.23. The van der Waals surface area contributed by atoms with E-state index in [0.29, 0.717) is 34.4 Å². The van der Waals surface area contributed by atoms with E-state index in [9.17, 15) is 9.59 Å². The van der Waals surface area contributed by atoms with Crippen LogP contribution in [0.5, 0.6) is 11.5 Å². The van der Waals surface area contributed by atoms with Crippen molar-refractivity contribution in [2.45, 2.75) is 6.54 Å². The summed E-state index contributed by atoms with van der Waals surface area (Å²) in [7, 11) is 1.54. The van der Waals surface area contributed by atoms with Gasteiger partial charge >= 0.3 is 0 Å². The van der Waals surface area contributed by atoms with Gasteiger partial charge in [0.15, 0.2) is 17.2 Å². The van der Waals surface area contributed by atoms with Crippen molar-refractivity contribution in [2.24, 2.45) is 5.10 Å². The van der Waals surface area contributed by atoms with E-state index in [0.717, 1.165) is 5.56 Å². The van der Waals surface area contributed by atoms with Crippen molar-refractivity contribution in [1.82, 2.24) is 15.2 Å². The molecule has 3 aromatic carbocycles. The number of nitrogens with zero attached hydrogens (tertiary/aromatic N) is 3. The van der Waals surface area contributed by atoms with Gasteiger partial charge in [-0.3, -0.25) is 9.59 Å². The van der Waals surface area contributed by atoms with Gasteiger partial charge in [0.25, 0.3) is 11.5 Å². The first kappa shape index (κ1) is 23.4. The highest BCUT2D eigenvalue weighted by molar-refractivity contribution is 6.05. The SMILES string of the molecule is C=CCOc1ccc(/C=N/NC(=O)c2nn(Cc3ccccc3)c(=O)c3ccccc23)cc1OC. The first-order chi connectivity index (χ1) is 17.1. The van der Waals surface area contributed by atoms with Crippen LogP contribution in [0.4, 0.5) is 0 Å². The Morgan fingerprint density at radius 2 is 1.80 bits per heavy atom. The fraction of sp³-hybridized carbons (Fsp3) is 0.111. The molecule has 0 bridgehead atoms. The van der Waals surface area contributed by atoms with Gasteiger partial charge in [0, 0.05) is 5.39 Å². The van der Waals surface area contributed by atoms with Gasteiger partial charge in [0.1, 0.15) is 6.61 Å². The second kappa shape index (κ2) is 10.9. The number of fused-ring (bicyclic) bond motifs is 1. The van der Waals surface area contributed by atoms with Crippen LogP contribution in [-0.2, 0) is 6.54 Å². The van der Waals surface area contributed by atoms with E-state index in [1.807, 2.05) is 30.3 Å². The maximum Gasteiger partial charge on any atom is 0.292 e. The fourth-order valence-electron chi connectivity index (χ4n) is 3.52. The number of amides is 1. The maximum atomic E-state index is 13.0. The number of methoxy groups -OCH3 is 1. The van der Waals surface area contributed by atoms with Crippen LogP contribution >= 0.6 is 0 Å². The Morgan fingerprint density at radius 1 is 1.06 bits per heavy atom. The minimum Gasteiger partial charge on any atom is -0.493 e. The van der Waals surface area contributed by atoms with Crippen LogP contribution in [0.25, 0.3) is 10.8 Å². The molecule has 8 nitrogen and oxygen atoms in total. The molecule has 4 rings (SSSR count). The van der Waals surface area contributed by atoms with E-state index < -0.39 is 5.91 Å². The van der Waals surface area contributed by atoms with Crippen LogP contribution in [0.3, 0.4) is 0 Å². The molecule has 1 heterocycles. The molecule has 0 aliphatic carbocycles. The van der Waals surface area contributed by atoms with Crippen LogP contribution in [0.2, 0.25) is 0 Å². The van der Waals surface area contributed by atoms with Crippen molar-refractivity contribution >= 4 is 22.9 Å². The molecule has 0 saturated heterocycles. The minimum atomic E-state index is -0.530. The molecule has 0 saturated carbocycles. The molecule has 35 heavy (non-hydrogen) atoms. The second-order valence-corrected chi connectivity index (χ2v) is 7.55. The molecule has 1 N–H and O–H groups in total. The number of hydrogen-bond acceptors (Lipinski definition) is 6. The van der Waals surface area contributed by atoms with E-state index in [4.69, 9.17) is 9.47 Å². The van der Waals surface area contributed by atoms with Crippen LogP contribution < -0.4 is 20.5 Å². The molecule has 0 spiro atoms. The lowest BCUT2D eigenvalue weighted by Gasteiger charge is -2.10. The Bertz CT molecular complexity index is 1450. The van der Waals surface area contributed by atoms with E-state index in [1.165, 1.54) is 10.9 Å². The number of ether oxygens (including phenoxy) is 2. The average Bonchev–Trinajstić information content (AvgIpc) is 2.90. The van der Waals surface area contributed by atoms with Crippen molar-refractivity contribution < 1.29 is 14.3 Å². The summed E-state index contributed by atoms with van der Waals surface area (Å²) in [6.07, 6.45) is 3.13. The molecule has 0 fully saturated rings. The van der Waals surface area contributed by atoms with Crippen molar-refractivity contribution in [3.8, 4) is 11.5 Å². The van der Waals surface area contributed by atoms with Crippen molar-refractivity contribution in [3.05, 3.63) is 113 Å². The zero-order valence-electron chi connectivity index (χ0n) is 19.2. The third kappa shape index (κ3) is 5.44. The summed E-state index contributed by atoms with van der Waals surface area (Å²) in [5.41, 5.74) is 3.94. The lowest BCUT2D eigenvalue weighted by atomic mass is 10.1. The van der Waals surface area contributed by atoms with Crippen LogP contribution in [0.1, 0.15) is 21.6 Å². The van der Waals surface area contributed by atoms with Crippen molar-refractivity contribution in [2.75, 3.05) is 13.7 Å². The van der Waals surface area contributed by atoms with E-state index in [-0.39, 0.29) is 17.8 Å². The van der Waals surface area contributed by atoms with Gasteiger partial charge in [-0.1, -0.05) is 61.2 Å². The van der Waals surface area contributed by atoms with Crippen LogP contribution in [0.15, 0.2) is 95.3 Å². The standard InChI is InChI=1S/C27H24N4O4/c1-3-15-35-23-14-13-20(16-24(23)34-2)17-28-29-26(32)25-21-11-7-8-12-22(21)27(33)31(30-25)18-19-9-5-4-6-10-19/h3-14,16-17H,1,15,18H2,2H3,(H,29,32)/b28-17+. The molecule has 0 atom stereocenters. The largest absolute Gasteiger partial charge is 0.493 e. The highest BCUT2D eigenvalue weighted by Crippen LogP contribution is 2.27. The molecule has 1 aromatic heterocycles. The molecular weight excluding hydrogens is 444 g/mol.